The summed E-state index contributed by atoms with van der Waals surface area (Å²) in [5.41, 5.74) is 0.691. The number of amides is 2. The molecule has 1 fully saturated rings. The van der Waals surface area contributed by atoms with Gasteiger partial charge in [0.05, 0.1) is 0 Å². The van der Waals surface area contributed by atoms with Crippen molar-refractivity contribution in [1.82, 2.24) is 15.5 Å². The smallest absolute Gasteiger partial charge is 0.319 e. The van der Waals surface area contributed by atoms with E-state index < -0.39 is 0 Å². The van der Waals surface area contributed by atoms with Crippen molar-refractivity contribution >= 4 is 11.7 Å². The summed E-state index contributed by atoms with van der Waals surface area (Å²) < 4.78 is 16.3. The zero-order valence-electron chi connectivity index (χ0n) is 16.4. The lowest BCUT2D eigenvalue weighted by Crippen LogP contribution is -2.30. The number of carbonyl (C=O) groups is 1. The summed E-state index contributed by atoms with van der Waals surface area (Å²) >= 11 is 0. The Morgan fingerprint density at radius 3 is 2.79 bits per heavy atom. The second-order valence-electron chi connectivity index (χ2n) is 7.34. The van der Waals surface area contributed by atoms with E-state index in [9.17, 15) is 4.79 Å². The Kier molecular flexibility index (Phi) is 7.25. The molecule has 0 radical (unpaired) electrons. The molecule has 2 amide bonds. The van der Waals surface area contributed by atoms with Crippen molar-refractivity contribution in [2.24, 2.45) is 5.92 Å². The minimum Gasteiger partial charge on any atom is -0.485 e. The number of aromatic nitrogens is 2. The molecule has 0 atom stereocenters. The van der Waals surface area contributed by atoms with Gasteiger partial charge in [0.25, 0.3) is 0 Å². The first-order valence-electron chi connectivity index (χ1n) is 9.78. The average molecular weight is 388 g/mol. The number of benzene rings is 1. The van der Waals surface area contributed by atoms with Crippen molar-refractivity contribution in [3.8, 4) is 5.75 Å². The molecule has 0 spiro atoms. The molecule has 0 bridgehead atoms. The molecule has 1 aromatic heterocycles. The van der Waals surface area contributed by atoms with Gasteiger partial charge in [0.2, 0.25) is 11.7 Å². The highest BCUT2D eigenvalue weighted by Gasteiger charge is 2.29. The first kappa shape index (κ1) is 20.1. The minimum atomic E-state index is -0.239. The maximum Gasteiger partial charge on any atom is 0.319 e. The van der Waals surface area contributed by atoms with Crippen molar-refractivity contribution in [2.75, 3.05) is 25.1 Å². The third-order valence-corrected chi connectivity index (χ3v) is 4.09. The number of nitrogens with zero attached hydrogens (tertiary/aromatic N) is 2. The molecule has 2 N–H and O–H groups in total. The van der Waals surface area contributed by atoms with Crippen LogP contribution in [0, 0.1) is 5.92 Å². The van der Waals surface area contributed by atoms with E-state index in [4.69, 9.17) is 14.0 Å². The van der Waals surface area contributed by atoms with Crippen molar-refractivity contribution in [3.63, 3.8) is 0 Å². The number of hydrogen-bond acceptors (Lipinski definition) is 6. The highest BCUT2D eigenvalue weighted by atomic mass is 16.5. The summed E-state index contributed by atoms with van der Waals surface area (Å²) in [5.74, 6) is 2.88. The Labute approximate surface area is 165 Å². The first-order valence-corrected chi connectivity index (χ1v) is 9.78. The van der Waals surface area contributed by atoms with Gasteiger partial charge in [-0.05, 0) is 49.4 Å². The molecule has 2 aromatic rings. The summed E-state index contributed by atoms with van der Waals surface area (Å²) in [5, 5.41) is 9.52. The molecule has 8 nitrogen and oxygen atoms in total. The molecule has 1 aromatic carbocycles. The maximum atomic E-state index is 11.9. The third-order valence-electron chi connectivity index (χ3n) is 4.09. The van der Waals surface area contributed by atoms with E-state index in [0.29, 0.717) is 48.1 Å². The zero-order chi connectivity index (χ0) is 19.8. The fourth-order valence-electron chi connectivity index (χ4n) is 2.48. The normalized spacial score (nSPS) is 13.5. The highest BCUT2D eigenvalue weighted by molar-refractivity contribution is 5.89. The van der Waals surface area contributed by atoms with E-state index in [-0.39, 0.29) is 12.6 Å². The van der Waals surface area contributed by atoms with Crippen molar-refractivity contribution < 1.29 is 18.8 Å². The molecule has 152 valence electrons. The van der Waals surface area contributed by atoms with E-state index in [2.05, 4.69) is 34.6 Å². The number of carbonyl (C=O) groups excluding carboxylic acids is 1. The van der Waals surface area contributed by atoms with Crippen LogP contribution >= 0.6 is 0 Å². The van der Waals surface area contributed by atoms with Crippen LogP contribution in [0.25, 0.3) is 0 Å². The van der Waals surface area contributed by atoms with Crippen molar-refractivity contribution in [3.05, 3.63) is 36.0 Å². The van der Waals surface area contributed by atoms with Crippen LogP contribution in [0.4, 0.5) is 10.5 Å². The second-order valence-corrected chi connectivity index (χ2v) is 7.34. The molecular formula is C20H28N4O4. The predicted molar refractivity (Wildman–Crippen MR) is 104 cm³/mol. The van der Waals surface area contributed by atoms with Crippen molar-refractivity contribution in [2.45, 2.75) is 45.6 Å². The number of anilines is 1. The van der Waals surface area contributed by atoms with Crippen LogP contribution in [0.2, 0.25) is 0 Å². The van der Waals surface area contributed by atoms with Gasteiger partial charge in [-0.25, -0.2) is 4.79 Å². The average Bonchev–Trinajstić information content (AvgIpc) is 3.42. The Morgan fingerprint density at radius 2 is 2.07 bits per heavy atom. The van der Waals surface area contributed by atoms with Gasteiger partial charge in [-0.1, -0.05) is 19.0 Å². The molecule has 1 aliphatic rings. The topological polar surface area (TPSA) is 98.5 Å². The number of hydrogen-bond donors (Lipinski definition) is 2. The zero-order valence-corrected chi connectivity index (χ0v) is 16.4. The molecular weight excluding hydrogens is 360 g/mol. The van der Waals surface area contributed by atoms with Crippen LogP contribution in [0.5, 0.6) is 5.75 Å². The summed E-state index contributed by atoms with van der Waals surface area (Å²) in [6.45, 7) is 6.43. The fourth-order valence-corrected chi connectivity index (χ4v) is 2.48. The van der Waals surface area contributed by atoms with Gasteiger partial charge >= 0.3 is 6.03 Å². The monoisotopic (exact) mass is 388 g/mol. The van der Waals surface area contributed by atoms with Gasteiger partial charge in [0.1, 0.15) is 5.75 Å². The molecule has 28 heavy (non-hydrogen) atoms. The van der Waals surface area contributed by atoms with Crippen LogP contribution in [-0.4, -0.2) is 35.9 Å². The van der Waals surface area contributed by atoms with Crippen molar-refractivity contribution in [1.29, 1.82) is 0 Å². The molecule has 0 saturated heterocycles. The number of urea groups is 1. The largest absolute Gasteiger partial charge is 0.485 e. The Bertz CT molecular complexity index is 741. The standard InChI is InChI=1S/C20H28N4O4/c1-14(2)12-26-11-3-10-21-20(25)22-16-6-8-17(9-7-16)27-13-18-23-19(28-24-18)15-4-5-15/h6-9,14-15H,3-5,10-13H2,1-2H3,(H2,21,22,25). The van der Waals surface area contributed by atoms with Gasteiger partial charge in [-0.15, -0.1) is 0 Å². The van der Waals surface area contributed by atoms with Crippen LogP contribution in [0.15, 0.2) is 28.8 Å². The Hall–Kier alpha value is -2.61. The summed E-state index contributed by atoms with van der Waals surface area (Å²) in [6.07, 6.45) is 3.03. The van der Waals surface area contributed by atoms with E-state index >= 15 is 0 Å². The highest BCUT2D eigenvalue weighted by Crippen LogP contribution is 2.38. The van der Waals surface area contributed by atoms with Gasteiger partial charge in [0, 0.05) is 31.4 Å². The molecule has 1 aliphatic carbocycles. The fraction of sp³-hybridized carbons (Fsp3) is 0.550. The first-order chi connectivity index (χ1) is 13.6. The lowest BCUT2D eigenvalue weighted by atomic mass is 10.2. The number of ether oxygens (including phenoxy) is 2. The molecule has 1 saturated carbocycles. The lowest BCUT2D eigenvalue weighted by Gasteiger charge is -2.09. The SMILES string of the molecule is CC(C)COCCCNC(=O)Nc1ccc(OCc2noc(C3CC3)n2)cc1. The number of nitrogens with one attached hydrogen (secondary N) is 2. The van der Waals surface area contributed by atoms with E-state index in [1.54, 1.807) is 24.3 Å². The number of rotatable bonds is 11. The minimum absolute atomic E-state index is 0.239. The molecule has 3 rings (SSSR count). The molecule has 0 aliphatic heterocycles. The Balaban J connectivity index is 1.32. The van der Waals surface area contributed by atoms with Crippen LogP contribution in [0.1, 0.15) is 50.7 Å². The Morgan fingerprint density at radius 1 is 1.29 bits per heavy atom. The lowest BCUT2D eigenvalue weighted by molar-refractivity contribution is 0.108. The maximum absolute atomic E-state index is 11.9. The summed E-state index contributed by atoms with van der Waals surface area (Å²) in [6, 6.07) is 6.91. The van der Waals surface area contributed by atoms with Crippen LogP contribution < -0.4 is 15.4 Å². The summed E-state index contributed by atoms with van der Waals surface area (Å²) in [4.78, 5) is 16.2. The molecule has 8 heteroatoms. The van der Waals surface area contributed by atoms with Gasteiger partial charge in [-0.3, -0.25) is 0 Å². The van der Waals surface area contributed by atoms with Crippen LogP contribution in [0.3, 0.4) is 0 Å². The molecule has 0 unspecified atom stereocenters. The second kappa shape index (κ2) is 10.1. The molecule has 1 heterocycles. The predicted octanol–water partition coefficient (Wildman–Crippen LogP) is 3.71. The van der Waals surface area contributed by atoms with Gasteiger partial charge in [0.15, 0.2) is 6.61 Å². The third kappa shape index (κ3) is 6.84. The van der Waals surface area contributed by atoms with Gasteiger partial charge < -0.3 is 24.6 Å². The van der Waals surface area contributed by atoms with E-state index in [0.717, 1.165) is 25.9 Å². The van der Waals surface area contributed by atoms with E-state index in [1.165, 1.54) is 0 Å². The summed E-state index contributed by atoms with van der Waals surface area (Å²) in [7, 11) is 0. The van der Waals surface area contributed by atoms with Crippen LogP contribution in [-0.2, 0) is 11.3 Å². The van der Waals surface area contributed by atoms with E-state index in [1.807, 2.05) is 0 Å². The quantitative estimate of drug-likeness (QED) is 0.570. The van der Waals surface area contributed by atoms with Gasteiger partial charge in [-0.2, -0.15) is 4.98 Å².